The Labute approximate surface area is 150 Å². The molecule has 1 N–H and O–H groups in total. The van der Waals surface area contributed by atoms with Crippen molar-refractivity contribution in [3.63, 3.8) is 0 Å². The zero-order valence-electron chi connectivity index (χ0n) is 15.9. The van der Waals surface area contributed by atoms with Gasteiger partial charge in [0.2, 0.25) is 0 Å². The van der Waals surface area contributed by atoms with Crippen molar-refractivity contribution in [1.29, 1.82) is 0 Å². The summed E-state index contributed by atoms with van der Waals surface area (Å²) in [5.41, 5.74) is 4.14. The van der Waals surface area contributed by atoms with E-state index in [2.05, 4.69) is 56.4 Å². The molecule has 5 nitrogen and oxygen atoms in total. The summed E-state index contributed by atoms with van der Waals surface area (Å²) < 4.78 is 5.54. The van der Waals surface area contributed by atoms with E-state index in [4.69, 9.17) is 4.52 Å². The third-order valence-corrected chi connectivity index (χ3v) is 3.97. The summed E-state index contributed by atoms with van der Waals surface area (Å²) in [6.45, 7) is 12.2. The smallest absolute Gasteiger partial charge is 0.317 e. The van der Waals surface area contributed by atoms with Gasteiger partial charge in [0.1, 0.15) is 5.69 Å². The molecule has 136 valence electrons. The molecule has 0 aliphatic carbocycles. The number of hydrogen-bond donors (Lipinski definition) is 1. The molecule has 0 atom stereocenters. The minimum atomic E-state index is -0.0492. The molecule has 0 saturated heterocycles. The van der Waals surface area contributed by atoms with Crippen molar-refractivity contribution in [2.45, 2.75) is 47.6 Å². The second-order valence-corrected chi connectivity index (χ2v) is 7.01. The Balaban J connectivity index is 2.16. The Morgan fingerprint density at radius 2 is 2.04 bits per heavy atom. The van der Waals surface area contributed by atoms with Gasteiger partial charge < -0.3 is 14.7 Å². The van der Waals surface area contributed by atoms with Crippen molar-refractivity contribution in [2.75, 3.05) is 13.1 Å². The van der Waals surface area contributed by atoms with E-state index in [9.17, 15) is 4.79 Å². The van der Waals surface area contributed by atoms with Gasteiger partial charge in [0.25, 0.3) is 0 Å². The maximum absolute atomic E-state index is 12.4. The van der Waals surface area contributed by atoms with Crippen LogP contribution in [-0.2, 0) is 6.54 Å². The highest BCUT2D eigenvalue weighted by Gasteiger charge is 2.18. The lowest BCUT2D eigenvalue weighted by molar-refractivity contribution is 0.186. The van der Waals surface area contributed by atoms with Crippen molar-refractivity contribution in [3.05, 3.63) is 41.1 Å². The molecule has 0 fully saturated rings. The highest BCUT2D eigenvalue weighted by molar-refractivity contribution is 5.74. The number of urea groups is 1. The van der Waals surface area contributed by atoms with E-state index >= 15 is 0 Å². The highest BCUT2D eigenvalue weighted by Crippen LogP contribution is 2.25. The molecule has 0 bridgehead atoms. The Morgan fingerprint density at radius 3 is 2.72 bits per heavy atom. The van der Waals surface area contributed by atoms with Crippen LogP contribution in [-0.4, -0.2) is 29.2 Å². The van der Waals surface area contributed by atoms with Gasteiger partial charge in [0, 0.05) is 24.7 Å². The predicted molar refractivity (Wildman–Crippen MR) is 100 cm³/mol. The topological polar surface area (TPSA) is 58.4 Å². The molecule has 0 aliphatic heterocycles. The fourth-order valence-corrected chi connectivity index (χ4v) is 2.71. The number of benzene rings is 1. The first-order valence-corrected chi connectivity index (χ1v) is 8.96. The van der Waals surface area contributed by atoms with Gasteiger partial charge in [-0.25, -0.2) is 4.79 Å². The molecule has 0 spiro atoms. The van der Waals surface area contributed by atoms with Crippen LogP contribution < -0.4 is 5.32 Å². The fraction of sp³-hybridized carbons (Fsp3) is 0.500. The largest absolute Gasteiger partial charge is 0.356 e. The van der Waals surface area contributed by atoms with E-state index in [1.54, 1.807) is 4.90 Å². The summed E-state index contributed by atoms with van der Waals surface area (Å²) in [7, 11) is 0. The lowest BCUT2D eigenvalue weighted by Gasteiger charge is -2.23. The van der Waals surface area contributed by atoms with Crippen LogP contribution in [0.2, 0.25) is 0 Å². The van der Waals surface area contributed by atoms with Crippen LogP contribution in [0, 0.1) is 19.8 Å². The number of carbonyl (C=O) groups is 1. The predicted octanol–water partition coefficient (Wildman–Crippen LogP) is 4.54. The molecule has 25 heavy (non-hydrogen) atoms. The molecular weight excluding hydrogens is 314 g/mol. The van der Waals surface area contributed by atoms with E-state index in [-0.39, 0.29) is 6.03 Å². The molecular formula is C20H29N3O2. The van der Waals surface area contributed by atoms with E-state index < -0.39 is 0 Å². The minimum absolute atomic E-state index is 0.0492. The van der Waals surface area contributed by atoms with Gasteiger partial charge in [-0.1, -0.05) is 43.6 Å². The molecule has 2 aromatic rings. The molecule has 5 heteroatoms. The Morgan fingerprint density at radius 1 is 1.28 bits per heavy atom. The van der Waals surface area contributed by atoms with Crippen LogP contribution in [0.1, 0.15) is 44.0 Å². The molecule has 1 heterocycles. The van der Waals surface area contributed by atoms with E-state index in [1.807, 2.05) is 13.0 Å². The second kappa shape index (κ2) is 8.70. The summed E-state index contributed by atoms with van der Waals surface area (Å²) in [4.78, 5) is 14.2. The van der Waals surface area contributed by atoms with E-state index in [0.717, 1.165) is 29.0 Å². The Bertz CT molecular complexity index is 707. The number of amides is 2. The van der Waals surface area contributed by atoms with Crippen LogP contribution in [0.4, 0.5) is 4.79 Å². The lowest BCUT2D eigenvalue weighted by Crippen LogP contribution is -2.41. The summed E-state index contributed by atoms with van der Waals surface area (Å²) in [5.74, 6) is 1.13. The number of rotatable bonds is 7. The van der Waals surface area contributed by atoms with Crippen molar-refractivity contribution < 1.29 is 9.32 Å². The number of aromatic nitrogens is 1. The van der Waals surface area contributed by atoms with E-state index in [1.165, 1.54) is 5.56 Å². The molecule has 2 amide bonds. The lowest BCUT2D eigenvalue weighted by atomic mass is 10.0. The number of hydrogen-bond acceptors (Lipinski definition) is 3. The number of nitrogens with zero attached hydrogens (tertiary/aromatic N) is 2. The van der Waals surface area contributed by atoms with Crippen LogP contribution in [0.5, 0.6) is 0 Å². The third kappa shape index (κ3) is 5.34. The van der Waals surface area contributed by atoms with Crippen molar-refractivity contribution >= 4 is 6.03 Å². The normalized spacial score (nSPS) is 11.0. The summed E-state index contributed by atoms with van der Waals surface area (Å²) >= 11 is 0. The van der Waals surface area contributed by atoms with Crippen LogP contribution in [0.15, 0.2) is 28.8 Å². The quantitative estimate of drug-likeness (QED) is 0.803. The standard InChI is InChI=1S/C20H29N3O2/c1-6-9-21-20(24)23(12-14(2)3)13-17-11-19(25-22-17)18-10-15(4)7-8-16(18)5/h7-8,10-11,14H,6,9,12-13H2,1-5H3,(H,21,24). The zero-order chi connectivity index (χ0) is 18.4. The van der Waals surface area contributed by atoms with Gasteiger partial charge in [0.05, 0.1) is 6.54 Å². The number of aryl methyl sites for hydroxylation is 2. The molecule has 0 unspecified atom stereocenters. The summed E-state index contributed by atoms with van der Waals surface area (Å²) in [6, 6.07) is 8.14. The van der Waals surface area contributed by atoms with Gasteiger partial charge in [-0.05, 0) is 37.8 Å². The van der Waals surface area contributed by atoms with Gasteiger partial charge in [-0.3, -0.25) is 0 Å². The SMILES string of the molecule is CCCNC(=O)N(Cc1cc(-c2cc(C)ccc2C)on1)CC(C)C. The van der Waals surface area contributed by atoms with Gasteiger partial charge >= 0.3 is 6.03 Å². The van der Waals surface area contributed by atoms with Gasteiger partial charge in [-0.15, -0.1) is 0 Å². The van der Waals surface area contributed by atoms with Crippen LogP contribution >= 0.6 is 0 Å². The molecule has 0 saturated carbocycles. The van der Waals surface area contributed by atoms with Crippen LogP contribution in [0.3, 0.4) is 0 Å². The molecule has 0 radical (unpaired) electrons. The monoisotopic (exact) mass is 343 g/mol. The van der Waals surface area contributed by atoms with Gasteiger partial charge in [-0.2, -0.15) is 0 Å². The summed E-state index contributed by atoms with van der Waals surface area (Å²) in [5, 5.41) is 7.12. The van der Waals surface area contributed by atoms with Crippen LogP contribution in [0.25, 0.3) is 11.3 Å². The van der Waals surface area contributed by atoms with E-state index in [0.29, 0.717) is 25.6 Å². The molecule has 1 aromatic heterocycles. The summed E-state index contributed by atoms with van der Waals surface area (Å²) in [6.07, 6.45) is 0.919. The molecule has 0 aliphatic rings. The number of carbonyl (C=O) groups excluding carboxylic acids is 1. The number of nitrogens with one attached hydrogen (secondary N) is 1. The average Bonchev–Trinajstić information content (AvgIpc) is 3.02. The highest BCUT2D eigenvalue weighted by atomic mass is 16.5. The van der Waals surface area contributed by atoms with Crippen molar-refractivity contribution in [1.82, 2.24) is 15.4 Å². The van der Waals surface area contributed by atoms with Gasteiger partial charge in [0.15, 0.2) is 5.76 Å². The fourth-order valence-electron chi connectivity index (χ4n) is 2.71. The van der Waals surface area contributed by atoms with Crippen molar-refractivity contribution in [3.8, 4) is 11.3 Å². The maximum Gasteiger partial charge on any atom is 0.317 e. The first-order chi connectivity index (χ1) is 11.9. The first kappa shape index (κ1) is 19.0. The van der Waals surface area contributed by atoms with Crippen molar-refractivity contribution in [2.24, 2.45) is 5.92 Å². The Kier molecular flexibility index (Phi) is 6.62. The maximum atomic E-state index is 12.4. The minimum Gasteiger partial charge on any atom is -0.356 e. The zero-order valence-corrected chi connectivity index (χ0v) is 15.9. The second-order valence-electron chi connectivity index (χ2n) is 7.01. The third-order valence-electron chi connectivity index (χ3n) is 3.97. The first-order valence-electron chi connectivity index (χ1n) is 8.96. The molecule has 2 rings (SSSR count). The Hall–Kier alpha value is -2.30. The molecule has 1 aromatic carbocycles. The average molecular weight is 343 g/mol.